The molecule has 3 heterocycles. The quantitative estimate of drug-likeness (QED) is 0.901. The van der Waals surface area contributed by atoms with Crippen LogP contribution in [0.5, 0.6) is 0 Å². The fourth-order valence-electron chi connectivity index (χ4n) is 2.57. The minimum atomic E-state index is 0.00524. The van der Waals surface area contributed by atoms with E-state index in [1.165, 1.54) is 0 Å². The van der Waals surface area contributed by atoms with Gasteiger partial charge < -0.3 is 9.84 Å². The van der Waals surface area contributed by atoms with Gasteiger partial charge in [-0.15, -0.1) is 0 Å². The molecule has 0 amide bonds. The number of piperidine rings is 1. The lowest BCUT2D eigenvalue weighted by atomic mass is 9.76. The summed E-state index contributed by atoms with van der Waals surface area (Å²) in [6.45, 7) is 4.16. The van der Waals surface area contributed by atoms with Gasteiger partial charge in [-0.25, -0.2) is 9.97 Å². The van der Waals surface area contributed by atoms with E-state index >= 15 is 0 Å². The van der Waals surface area contributed by atoms with E-state index in [1.54, 1.807) is 18.5 Å². The molecular weight excluding hydrogens is 242 g/mol. The van der Waals surface area contributed by atoms with Crippen LogP contribution in [0.3, 0.4) is 0 Å². The lowest BCUT2D eigenvalue weighted by Gasteiger charge is -2.33. The second-order valence-electron chi connectivity index (χ2n) is 4.88. The van der Waals surface area contributed by atoms with Gasteiger partial charge in [0.25, 0.3) is 0 Å². The summed E-state index contributed by atoms with van der Waals surface area (Å²) in [5.74, 6) is 1.71. The Labute approximate surface area is 111 Å². The van der Waals surface area contributed by atoms with Crippen LogP contribution in [0, 0.1) is 0 Å². The lowest BCUT2D eigenvalue weighted by molar-refractivity contribution is 0.216. The SMILES string of the molecule is CCC1(c2nc(-c3ncccn3)no2)CCNCC1. The Morgan fingerprint density at radius 3 is 2.63 bits per heavy atom. The maximum atomic E-state index is 5.48. The highest BCUT2D eigenvalue weighted by atomic mass is 16.5. The normalized spacial score (nSPS) is 18.4. The first kappa shape index (κ1) is 12.2. The molecule has 0 radical (unpaired) electrons. The van der Waals surface area contributed by atoms with Gasteiger partial charge in [-0.05, 0) is 38.4 Å². The van der Waals surface area contributed by atoms with Gasteiger partial charge in [-0.1, -0.05) is 12.1 Å². The molecule has 0 unspecified atom stereocenters. The number of aromatic nitrogens is 4. The monoisotopic (exact) mass is 259 g/mol. The average Bonchev–Trinajstić information content (AvgIpc) is 2.99. The first-order valence-electron chi connectivity index (χ1n) is 6.66. The number of rotatable bonds is 3. The fourth-order valence-corrected chi connectivity index (χ4v) is 2.57. The van der Waals surface area contributed by atoms with Crippen molar-refractivity contribution in [1.29, 1.82) is 0 Å². The fraction of sp³-hybridized carbons (Fsp3) is 0.538. The smallest absolute Gasteiger partial charge is 0.240 e. The Morgan fingerprint density at radius 2 is 1.95 bits per heavy atom. The summed E-state index contributed by atoms with van der Waals surface area (Å²) in [4.78, 5) is 12.8. The molecule has 0 aromatic carbocycles. The van der Waals surface area contributed by atoms with Gasteiger partial charge in [0, 0.05) is 12.4 Å². The Morgan fingerprint density at radius 1 is 1.21 bits per heavy atom. The summed E-state index contributed by atoms with van der Waals surface area (Å²) in [6.07, 6.45) is 6.42. The largest absolute Gasteiger partial charge is 0.338 e. The Balaban J connectivity index is 1.92. The molecule has 0 aliphatic carbocycles. The first-order chi connectivity index (χ1) is 9.34. The van der Waals surface area contributed by atoms with E-state index in [-0.39, 0.29) is 5.41 Å². The van der Waals surface area contributed by atoms with Crippen molar-refractivity contribution in [2.24, 2.45) is 0 Å². The summed E-state index contributed by atoms with van der Waals surface area (Å²) in [6, 6.07) is 1.77. The van der Waals surface area contributed by atoms with Gasteiger partial charge in [0.05, 0.1) is 5.41 Å². The van der Waals surface area contributed by atoms with Crippen LogP contribution in [0.15, 0.2) is 23.0 Å². The second-order valence-corrected chi connectivity index (χ2v) is 4.88. The van der Waals surface area contributed by atoms with Crippen molar-refractivity contribution in [1.82, 2.24) is 25.4 Å². The van der Waals surface area contributed by atoms with Crippen LogP contribution in [-0.4, -0.2) is 33.2 Å². The van der Waals surface area contributed by atoms with Crippen molar-refractivity contribution in [3.8, 4) is 11.6 Å². The maximum absolute atomic E-state index is 5.48. The molecule has 1 aliphatic heterocycles. The first-order valence-corrected chi connectivity index (χ1v) is 6.66. The van der Waals surface area contributed by atoms with E-state index in [2.05, 4.69) is 32.3 Å². The highest BCUT2D eigenvalue weighted by Crippen LogP contribution is 2.36. The summed E-state index contributed by atoms with van der Waals surface area (Å²) in [5.41, 5.74) is 0.00524. The summed E-state index contributed by atoms with van der Waals surface area (Å²) < 4.78 is 5.48. The third-order valence-corrected chi connectivity index (χ3v) is 3.88. The lowest BCUT2D eigenvalue weighted by Crippen LogP contribution is -2.39. The highest BCUT2D eigenvalue weighted by molar-refractivity contribution is 5.40. The second kappa shape index (κ2) is 5.05. The van der Waals surface area contributed by atoms with Crippen LogP contribution in [0.2, 0.25) is 0 Å². The molecule has 6 nitrogen and oxygen atoms in total. The van der Waals surface area contributed by atoms with Crippen LogP contribution >= 0.6 is 0 Å². The number of hydrogen-bond donors (Lipinski definition) is 1. The van der Waals surface area contributed by atoms with Gasteiger partial charge in [-0.3, -0.25) is 0 Å². The molecule has 19 heavy (non-hydrogen) atoms. The zero-order valence-electron chi connectivity index (χ0n) is 11.0. The van der Waals surface area contributed by atoms with E-state index < -0.39 is 0 Å². The summed E-state index contributed by atoms with van der Waals surface area (Å²) >= 11 is 0. The Kier molecular flexibility index (Phi) is 3.25. The van der Waals surface area contributed by atoms with E-state index in [0.29, 0.717) is 11.6 Å². The molecule has 3 rings (SSSR count). The summed E-state index contributed by atoms with van der Waals surface area (Å²) in [5, 5.41) is 7.39. The highest BCUT2D eigenvalue weighted by Gasteiger charge is 2.37. The maximum Gasteiger partial charge on any atom is 0.240 e. The molecular formula is C13H17N5O. The van der Waals surface area contributed by atoms with Gasteiger partial charge in [0.2, 0.25) is 17.5 Å². The van der Waals surface area contributed by atoms with Crippen molar-refractivity contribution in [3.05, 3.63) is 24.4 Å². The van der Waals surface area contributed by atoms with Crippen LogP contribution in [0.25, 0.3) is 11.6 Å². The third kappa shape index (κ3) is 2.23. The number of hydrogen-bond acceptors (Lipinski definition) is 6. The number of nitrogens with one attached hydrogen (secondary N) is 1. The molecule has 0 spiro atoms. The van der Waals surface area contributed by atoms with Crippen molar-refractivity contribution >= 4 is 0 Å². The minimum Gasteiger partial charge on any atom is -0.338 e. The molecule has 0 atom stereocenters. The number of nitrogens with zero attached hydrogens (tertiary/aromatic N) is 4. The zero-order valence-corrected chi connectivity index (χ0v) is 11.0. The average molecular weight is 259 g/mol. The predicted molar refractivity (Wildman–Crippen MR) is 69.4 cm³/mol. The van der Waals surface area contributed by atoms with E-state index in [9.17, 15) is 0 Å². The Bertz CT molecular complexity index is 533. The molecule has 1 fully saturated rings. The van der Waals surface area contributed by atoms with Crippen molar-refractivity contribution in [3.63, 3.8) is 0 Å². The van der Waals surface area contributed by atoms with Crippen molar-refractivity contribution in [2.45, 2.75) is 31.6 Å². The summed E-state index contributed by atoms with van der Waals surface area (Å²) in [7, 11) is 0. The van der Waals surface area contributed by atoms with Crippen LogP contribution in [0.4, 0.5) is 0 Å². The van der Waals surface area contributed by atoms with Gasteiger partial charge in [0.15, 0.2) is 0 Å². The molecule has 1 N–H and O–H groups in total. The van der Waals surface area contributed by atoms with Gasteiger partial charge >= 0.3 is 0 Å². The molecule has 2 aromatic rings. The van der Waals surface area contributed by atoms with E-state index in [4.69, 9.17) is 4.52 Å². The van der Waals surface area contributed by atoms with Crippen molar-refractivity contribution in [2.75, 3.05) is 13.1 Å². The van der Waals surface area contributed by atoms with Gasteiger partial charge in [-0.2, -0.15) is 4.98 Å². The van der Waals surface area contributed by atoms with Gasteiger partial charge in [0.1, 0.15) is 0 Å². The molecule has 0 saturated carbocycles. The Hall–Kier alpha value is -1.82. The third-order valence-electron chi connectivity index (χ3n) is 3.88. The molecule has 2 aromatic heterocycles. The van der Waals surface area contributed by atoms with Crippen LogP contribution in [-0.2, 0) is 5.41 Å². The predicted octanol–water partition coefficient (Wildman–Crippen LogP) is 1.56. The zero-order chi connectivity index (χ0) is 13.1. The van der Waals surface area contributed by atoms with Crippen LogP contribution in [0.1, 0.15) is 32.1 Å². The molecule has 6 heteroatoms. The van der Waals surface area contributed by atoms with Crippen molar-refractivity contribution < 1.29 is 4.52 Å². The molecule has 1 aliphatic rings. The van der Waals surface area contributed by atoms with E-state index in [1.807, 2.05) is 0 Å². The standard InChI is InChI=1S/C13H17N5O/c1-2-13(4-8-14-9-5-13)12-17-11(18-19-12)10-15-6-3-7-16-10/h3,6-7,14H,2,4-5,8-9H2,1H3. The minimum absolute atomic E-state index is 0.00524. The molecule has 0 bridgehead atoms. The topological polar surface area (TPSA) is 76.7 Å². The molecule has 100 valence electrons. The van der Waals surface area contributed by atoms with E-state index in [0.717, 1.165) is 38.2 Å². The van der Waals surface area contributed by atoms with Crippen LogP contribution < -0.4 is 5.32 Å². The molecule has 1 saturated heterocycles.